The highest BCUT2D eigenvalue weighted by atomic mass is 16.2. The Balaban J connectivity index is 1.81. The van der Waals surface area contributed by atoms with E-state index >= 15 is 0 Å². The fraction of sp³-hybridized carbons (Fsp3) is 0.467. The summed E-state index contributed by atoms with van der Waals surface area (Å²) in [5.74, 6) is 0.121. The molecule has 0 N–H and O–H groups in total. The molecular formula is C15H19N3O. The van der Waals surface area contributed by atoms with Crippen molar-refractivity contribution in [2.75, 3.05) is 7.05 Å². The molecule has 0 spiro atoms. The molecule has 0 atom stereocenters. The van der Waals surface area contributed by atoms with Crippen LogP contribution in [-0.2, 0) is 0 Å². The number of amides is 1. The van der Waals surface area contributed by atoms with Crippen molar-refractivity contribution in [1.82, 2.24) is 14.3 Å². The third kappa shape index (κ3) is 2.35. The van der Waals surface area contributed by atoms with Gasteiger partial charge >= 0.3 is 0 Å². The van der Waals surface area contributed by atoms with Gasteiger partial charge in [-0.25, -0.2) is 4.98 Å². The summed E-state index contributed by atoms with van der Waals surface area (Å²) < 4.78 is 1.91. The van der Waals surface area contributed by atoms with Crippen molar-refractivity contribution in [2.24, 2.45) is 0 Å². The quantitative estimate of drug-likeness (QED) is 0.829. The Kier molecular flexibility index (Phi) is 3.23. The van der Waals surface area contributed by atoms with Crippen LogP contribution in [0.2, 0.25) is 0 Å². The smallest absolute Gasteiger partial charge is 0.253 e. The van der Waals surface area contributed by atoms with Crippen LogP contribution in [0.25, 0.3) is 5.52 Å². The highest BCUT2D eigenvalue weighted by Crippen LogP contribution is 2.23. The number of fused-ring (bicyclic) bond motifs is 1. The number of nitrogens with zero attached hydrogens (tertiary/aromatic N) is 3. The molecule has 0 bridgehead atoms. The van der Waals surface area contributed by atoms with Gasteiger partial charge < -0.3 is 9.30 Å². The Hall–Kier alpha value is -1.84. The lowest BCUT2D eigenvalue weighted by Gasteiger charge is -2.31. The van der Waals surface area contributed by atoms with E-state index in [0.717, 1.165) is 23.9 Å². The molecule has 2 heterocycles. The molecule has 2 aromatic rings. The third-order valence-electron chi connectivity index (χ3n) is 4.10. The van der Waals surface area contributed by atoms with Crippen molar-refractivity contribution in [2.45, 2.75) is 38.1 Å². The van der Waals surface area contributed by atoms with Crippen LogP contribution in [0.3, 0.4) is 0 Å². The molecule has 1 aliphatic carbocycles. The zero-order chi connectivity index (χ0) is 13.2. The minimum Gasteiger partial charge on any atom is -0.339 e. The van der Waals surface area contributed by atoms with Crippen molar-refractivity contribution in [3.8, 4) is 0 Å². The van der Waals surface area contributed by atoms with Crippen LogP contribution in [0.5, 0.6) is 0 Å². The van der Waals surface area contributed by atoms with Gasteiger partial charge in [0.25, 0.3) is 5.91 Å². The topological polar surface area (TPSA) is 37.6 Å². The summed E-state index contributed by atoms with van der Waals surface area (Å²) >= 11 is 0. The van der Waals surface area contributed by atoms with E-state index in [-0.39, 0.29) is 5.91 Å². The highest BCUT2D eigenvalue weighted by Gasteiger charge is 2.23. The first-order chi connectivity index (χ1) is 9.25. The second kappa shape index (κ2) is 5.03. The molecule has 1 aliphatic rings. The summed E-state index contributed by atoms with van der Waals surface area (Å²) in [6, 6.07) is 4.19. The Labute approximate surface area is 113 Å². The van der Waals surface area contributed by atoms with Gasteiger partial charge in [0.15, 0.2) is 0 Å². The molecule has 0 aliphatic heterocycles. The zero-order valence-corrected chi connectivity index (χ0v) is 11.2. The van der Waals surface area contributed by atoms with Crippen LogP contribution in [0.15, 0.2) is 30.9 Å². The average Bonchev–Trinajstić information content (AvgIpc) is 2.94. The number of imidazole rings is 1. The van der Waals surface area contributed by atoms with E-state index in [9.17, 15) is 4.79 Å². The summed E-state index contributed by atoms with van der Waals surface area (Å²) in [6.45, 7) is 0. The molecule has 1 fully saturated rings. The molecule has 0 saturated heterocycles. The van der Waals surface area contributed by atoms with Gasteiger partial charge in [0.2, 0.25) is 0 Å². The van der Waals surface area contributed by atoms with Crippen LogP contribution in [-0.4, -0.2) is 33.3 Å². The van der Waals surface area contributed by atoms with E-state index in [4.69, 9.17) is 0 Å². The lowest BCUT2D eigenvalue weighted by Crippen LogP contribution is -2.38. The minimum atomic E-state index is 0.121. The predicted molar refractivity (Wildman–Crippen MR) is 74.2 cm³/mol. The first-order valence-electron chi connectivity index (χ1n) is 6.94. The maximum Gasteiger partial charge on any atom is 0.253 e. The maximum absolute atomic E-state index is 12.5. The van der Waals surface area contributed by atoms with E-state index < -0.39 is 0 Å². The zero-order valence-electron chi connectivity index (χ0n) is 11.2. The average molecular weight is 257 g/mol. The Morgan fingerprint density at radius 2 is 2.16 bits per heavy atom. The molecular weight excluding hydrogens is 238 g/mol. The fourth-order valence-corrected chi connectivity index (χ4v) is 2.89. The van der Waals surface area contributed by atoms with E-state index in [1.807, 2.05) is 34.7 Å². The predicted octanol–water partition coefficient (Wildman–Crippen LogP) is 2.74. The van der Waals surface area contributed by atoms with Crippen molar-refractivity contribution in [3.63, 3.8) is 0 Å². The molecule has 100 valence electrons. The molecule has 0 unspecified atom stereocenters. The van der Waals surface area contributed by atoms with Crippen molar-refractivity contribution < 1.29 is 4.79 Å². The summed E-state index contributed by atoms with van der Waals surface area (Å²) in [7, 11) is 1.93. The van der Waals surface area contributed by atoms with Crippen LogP contribution >= 0.6 is 0 Å². The van der Waals surface area contributed by atoms with Gasteiger partial charge in [0.05, 0.1) is 18.0 Å². The molecule has 4 nitrogen and oxygen atoms in total. The van der Waals surface area contributed by atoms with Gasteiger partial charge in [-0.1, -0.05) is 19.3 Å². The second-order valence-corrected chi connectivity index (χ2v) is 5.35. The minimum absolute atomic E-state index is 0.121. The number of carbonyl (C=O) groups excluding carboxylic acids is 1. The van der Waals surface area contributed by atoms with Crippen molar-refractivity contribution in [3.05, 3.63) is 36.4 Å². The second-order valence-electron chi connectivity index (χ2n) is 5.35. The lowest BCUT2D eigenvalue weighted by atomic mass is 9.94. The number of pyridine rings is 1. The first kappa shape index (κ1) is 12.2. The van der Waals surface area contributed by atoms with Gasteiger partial charge in [-0.2, -0.15) is 0 Å². The SMILES string of the molecule is CN(C(=O)c1ccn2cncc2c1)C1CCCCC1. The van der Waals surface area contributed by atoms with Gasteiger partial charge in [-0.15, -0.1) is 0 Å². The molecule has 0 aromatic carbocycles. The number of hydrogen-bond acceptors (Lipinski definition) is 2. The van der Waals surface area contributed by atoms with Gasteiger partial charge in [0, 0.05) is 24.8 Å². The number of rotatable bonds is 2. The molecule has 2 aromatic heterocycles. The van der Waals surface area contributed by atoms with Crippen molar-refractivity contribution >= 4 is 11.4 Å². The Morgan fingerprint density at radius 3 is 2.95 bits per heavy atom. The first-order valence-corrected chi connectivity index (χ1v) is 6.94. The molecule has 19 heavy (non-hydrogen) atoms. The number of carbonyl (C=O) groups is 1. The number of hydrogen-bond donors (Lipinski definition) is 0. The monoisotopic (exact) mass is 257 g/mol. The lowest BCUT2D eigenvalue weighted by molar-refractivity contribution is 0.0696. The number of aromatic nitrogens is 2. The summed E-state index contributed by atoms with van der Waals surface area (Å²) in [5.41, 5.74) is 1.71. The molecule has 1 amide bonds. The third-order valence-corrected chi connectivity index (χ3v) is 4.10. The highest BCUT2D eigenvalue weighted by molar-refractivity contribution is 5.95. The molecule has 1 saturated carbocycles. The summed E-state index contributed by atoms with van der Waals surface area (Å²) in [4.78, 5) is 18.5. The van der Waals surface area contributed by atoms with E-state index in [1.54, 1.807) is 12.5 Å². The molecule has 0 radical (unpaired) electrons. The normalized spacial score (nSPS) is 16.7. The fourth-order valence-electron chi connectivity index (χ4n) is 2.89. The molecule has 4 heteroatoms. The summed E-state index contributed by atoms with van der Waals surface area (Å²) in [6.07, 6.45) is 11.5. The Morgan fingerprint density at radius 1 is 1.37 bits per heavy atom. The van der Waals surface area contributed by atoms with Crippen LogP contribution < -0.4 is 0 Å². The van der Waals surface area contributed by atoms with Gasteiger partial charge in [-0.05, 0) is 25.0 Å². The summed E-state index contributed by atoms with van der Waals surface area (Å²) in [5, 5.41) is 0. The largest absolute Gasteiger partial charge is 0.339 e. The standard InChI is InChI=1S/C15H19N3O/c1-17(13-5-3-2-4-6-13)15(19)12-7-8-18-11-16-10-14(18)9-12/h7-11,13H,2-6H2,1H3. The van der Waals surface area contributed by atoms with Crippen LogP contribution in [0, 0.1) is 0 Å². The van der Waals surface area contributed by atoms with Gasteiger partial charge in [0.1, 0.15) is 0 Å². The van der Waals surface area contributed by atoms with Crippen LogP contribution in [0.4, 0.5) is 0 Å². The van der Waals surface area contributed by atoms with Gasteiger partial charge in [-0.3, -0.25) is 4.79 Å². The van der Waals surface area contributed by atoms with E-state index in [2.05, 4.69) is 4.98 Å². The van der Waals surface area contributed by atoms with Crippen molar-refractivity contribution in [1.29, 1.82) is 0 Å². The van der Waals surface area contributed by atoms with E-state index in [1.165, 1.54) is 19.3 Å². The molecule has 3 rings (SSSR count). The maximum atomic E-state index is 12.5. The van der Waals surface area contributed by atoms with E-state index in [0.29, 0.717) is 6.04 Å². The van der Waals surface area contributed by atoms with Crippen LogP contribution in [0.1, 0.15) is 42.5 Å². The Bertz CT molecular complexity index is 584.